The number of benzene rings is 2. The Morgan fingerprint density at radius 1 is 0.879 bits per heavy atom. The molecule has 2 rings (SSSR count). The lowest BCUT2D eigenvalue weighted by atomic mass is 10.1. The topological polar surface area (TPSA) is 113 Å². The highest BCUT2D eigenvalue weighted by molar-refractivity contribution is 7.87. The zero-order valence-electron chi connectivity index (χ0n) is 18.6. The van der Waals surface area contributed by atoms with E-state index in [1.807, 2.05) is 6.92 Å². The summed E-state index contributed by atoms with van der Waals surface area (Å²) in [7, 11) is -8.39. The van der Waals surface area contributed by atoms with Gasteiger partial charge in [0.05, 0.1) is 16.4 Å². The molecule has 33 heavy (non-hydrogen) atoms. The van der Waals surface area contributed by atoms with E-state index in [9.17, 15) is 21.6 Å². The molecule has 2 aromatic rings. The van der Waals surface area contributed by atoms with Crippen molar-refractivity contribution in [1.29, 1.82) is 0 Å². The minimum Gasteiger partial charge on any atom is -0.449 e. The van der Waals surface area contributed by atoms with Crippen LogP contribution >= 0.6 is 0 Å². The van der Waals surface area contributed by atoms with Gasteiger partial charge in [0.1, 0.15) is 6.10 Å². The summed E-state index contributed by atoms with van der Waals surface area (Å²) in [6, 6.07) is 12.0. The Balaban J connectivity index is 2.20. The molecule has 0 radical (unpaired) electrons. The molecule has 0 saturated carbocycles. The van der Waals surface area contributed by atoms with Gasteiger partial charge in [0, 0.05) is 6.92 Å². The SMILES string of the molecule is C#C[C@@H](CC[C@H](COS(=O)(=O)c1ccc(C)cc1)OS(=O)(=O)c1ccc(C)cc1)OC(C)=O. The standard InChI is InChI=1S/C23H26O8S2/c1-5-20(30-19(4)24)10-11-21(31-33(27,28)23-14-8-18(3)9-15-23)16-29-32(25,26)22-12-6-17(2)7-13-22/h1,6-9,12-15,20-21H,10-11,16H2,2-4H3/t20-,21+/m0/s1. The molecule has 0 aliphatic heterocycles. The number of aryl methyl sites for hydroxylation is 2. The van der Waals surface area contributed by atoms with Crippen molar-refractivity contribution in [2.24, 2.45) is 0 Å². The van der Waals surface area contributed by atoms with Gasteiger partial charge in [0.2, 0.25) is 0 Å². The van der Waals surface area contributed by atoms with E-state index >= 15 is 0 Å². The highest BCUT2D eigenvalue weighted by atomic mass is 32.2. The number of carbonyl (C=O) groups is 1. The average molecular weight is 495 g/mol. The van der Waals surface area contributed by atoms with Gasteiger partial charge >= 0.3 is 5.97 Å². The van der Waals surface area contributed by atoms with Crippen LogP contribution in [0.4, 0.5) is 0 Å². The van der Waals surface area contributed by atoms with E-state index < -0.39 is 45.0 Å². The van der Waals surface area contributed by atoms with E-state index in [1.54, 1.807) is 31.2 Å². The first-order chi connectivity index (χ1) is 15.4. The molecule has 2 atom stereocenters. The lowest BCUT2D eigenvalue weighted by molar-refractivity contribution is -0.144. The van der Waals surface area contributed by atoms with Crippen LogP contribution in [0.2, 0.25) is 0 Å². The number of ether oxygens (including phenoxy) is 1. The number of terminal acetylenes is 1. The molecule has 0 heterocycles. The minimum atomic E-state index is -4.23. The van der Waals surface area contributed by atoms with E-state index in [0.29, 0.717) is 0 Å². The van der Waals surface area contributed by atoms with E-state index in [1.165, 1.54) is 31.2 Å². The smallest absolute Gasteiger partial charge is 0.303 e. The molecular formula is C23H26O8S2. The second-order valence-corrected chi connectivity index (χ2v) is 10.6. The van der Waals surface area contributed by atoms with Gasteiger partial charge in [-0.15, -0.1) is 6.42 Å². The van der Waals surface area contributed by atoms with Crippen LogP contribution < -0.4 is 0 Å². The van der Waals surface area contributed by atoms with Gasteiger partial charge in [-0.2, -0.15) is 16.8 Å². The predicted molar refractivity (Wildman–Crippen MR) is 121 cm³/mol. The second-order valence-electron chi connectivity index (χ2n) is 7.38. The van der Waals surface area contributed by atoms with E-state index in [2.05, 4.69) is 5.92 Å². The van der Waals surface area contributed by atoms with Gasteiger partial charge < -0.3 is 4.74 Å². The Morgan fingerprint density at radius 3 is 1.82 bits per heavy atom. The molecule has 8 nitrogen and oxygen atoms in total. The van der Waals surface area contributed by atoms with Gasteiger partial charge in [-0.1, -0.05) is 41.3 Å². The zero-order chi connectivity index (χ0) is 24.6. The van der Waals surface area contributed by atoms with Crippen molar-refractivity contribution in [2.45, 2.75) is 55.6 Å². The summed E-state index contributed by atoms with van der Waals surface area (Å²) in [6.45, 7) is 4.22. The van der Waals surface area contributed by atoms with Crippen molar-refractivity contribution in [3.8, 4) is 12.3 Å². The summed E-state index contributed by atoms with van der Waals surface area (Å²) >= 11 is 0. The van der Waals surface area contributed by atoms with Crippen LogP contribution in [0.1, 0.15) is 30.9 Å². The first-order valence-electron chi connectivity index (χ1n) is 10.0. The molecule has 0 unspecified atom stereocenters. The van der Waals surface area contributed by atoms with Crippen LogP contribution in [0, 0.1) is 26.2 Å². The summed E-state index contributed by atoms with van der Waals surface area (Å²) in [6.07, 6.45) is 3.22. The number of esters is 1. The Kier molecular flexibility index (Phi) is 9.19. The van der Waals surface area contributed by atoms with Crippen LogP contribution in [0.25, 0.3) is 0 Å². The molecule has 0 spiro atoms. The maximum absolute atomic E-state index is 12.7. The summed E-state index contributed by atoms with van der Waals surface area (Å²) in [5.74, 6) is 1.69. The molecule has 178 valence electrons. The third kappa shape index (κ3) is 8.29. The Labute approximate surface area is 195 Å². The van der Waals surface area contributed by atoms with Crippen molar-refractivity contribution >= 4 is 26.2 Å². The molecule has 0 bridgehead atoms. The fourth-order valence-electron chi connectivity index (χ4n) is 2.75. The zero-order valence-corrected chi connectivity index (χ0v) is 20.2. The Bertz CT molecular complexity index is 1190. The lowest BCUT2D eigenvalue weighted by Crippen LogP contribution is -2.27. The fraction of sp³-hybridized carbons (Fsp3) is 0.348. The lowest BCUT2D eigenvalue weighted by Gasteiger charge is -2.19. The van der Waals surface area contributed by atoms with Crippen molar-refractivity contribution in [2.75, 3.05) is 6.61 Å². The monoisotopic (exact) mass is 494 g/mol. The molecule has 10 heteroatoms. The van der Waals surface area contributed by atoms with E-state index in [-0.39, 0.29) is 22.6 Å². The molecule has 2 aromatic carbocycles. The Hall–Kier alpha value is -2.71. The van der Waals surface area contributed by atoms with Gasteiger partial charge in [-0.05, 0) is 51.0 Å². The van der Waals surface area contributed by atoms with Crippen LogP contribution in [-0.2, 0) is 38.1 Å². The molecule has 0 aliphatic rings. The third-order valence-corrected chi connectivity index (χ3v) is 7.21. The van der Waals surface area contributed by atoms with Gasteiger partial charge in [-0.3, -0.25) is 13.2 Å². The van der Waals surface area contributed by atoms with Crippen LogP contribution in [0.5, 0.6) is 0 Å². The quantitative estimate of drug-likeness (QED) is 0.266. The van der Waals surface area contributed by atoms with E-state index in [0.717, 1.165) is 11.1 Å². The van der Waals surface area contributed by atoms with Gasteiger partial charge in [-0.25, -0.2) is 0 Å². The molecular weight excluding hydrogens is 468 g/mol. The van der Waals surface area contributed by atoms with Gasteiger partial charge in [0.15, 0.2) is 6.10 Å². The first-order valence-corrected chi connectivity index (χ1v) is 12.8. The number of rotatable bonds is 11. The highest BCUT2D eigenvalue weighted by Gasteiger charge is 2.26. The summed E-state index contributed by atoms with van der Waals surface area (Å²) < 4.78 is 65.9. The van der Waals surface area contributed by atoms with Crippen molar-refractivity contribution in [3.05, 3.63) is 59.7 Å². The number of hydrogen-bond donors (Lipinski definition) is 0. The number of hydrogen-bond acceptors (Lipinski definition) is 8. The van der Waals surface area contributed by atoms with Crippen molar-refractivity contribution in [1.82, 2.24) is 0 Å². The fourth-order valence-corrected chi connectivity index (χ4v) is 4.78. The largest absolute Gasteiger partial charge is 0.449 e. The maximum atomic E-state index is 12.7. The molecule has 0 aliphatic carbocycles. The second kappa shape index (κ2) is 11.4. The summed E-state index contributed by atoms with van der Waals surface area (Å²) in [5.41, 5.74) is 1.72. The van der Waals surface area contributed by atoms with Crippen molar-refractivity contribution in [3.63, 3.8) is 0 Å². The number of carbonyl (C=O) groups excluding carboxylic acids is 1. The molecule has 0 amide bonds. The highest BCUT2D eigenvalue weighted by Crippen LogP contribution is 2.20. The summed E-state index contributed by atoms with van der Waals surface area (Å²) in [5, 5.41) is 0. The normalized spacial score (nSPS) is 13.6. The van der Waals surface area contributed by atoms with Crippen molar-refractivity contribution < 1.29 is 34.7 Å². The Morgan fingerprint density at radius 2 is 1.36 bits per heavy atom. The molecule has 0 saturated heterocycles. The molecule has 0 N–H and O–H groups in total. The van der Waals surface area contributed by atoms with E-state index in [4.69, 9.17) is 19.5 Å². The first kappa shape index (κ1) is 26.5. The predicted octanol–water partition coefficient (Wildman–Crippen LogP) is 3.13. The van der Waals surface area contributed by atoms with Gasteiger partial charge in [0.25, 0.3) is 20.2 Å². The minimum absolute atomic E-state index is 0.0398. The van der Waals surface area contributed by atoms with Crippen LogP contribution in [-0.4, -0.2) is 41.6 Å². The molecule has 0 aromatic heterocycles. The van der Waals surface area contributed by atoms with Crippen LogP contribution in [0.3, 0.4) is 0 Å². The third-order valence-electron chi connectivity index (χ3n) is 4.54. The average Bonchev–Trinajstić information content (AvgIpc) is 2.75. The maximum Gasteiger partial charge on any atom is 0.303 e. The summed E-state index contributed by atoms with van der Waals surface area (Å²) in [4.78, 5) is 11.0. The molecule has 0 fully saturated rings. The van der Waals surface area contributed by atoms with Crippen LogP contribution in [0.15, 0.2) is 58.3 Å².